The molecule has 3 nitrogen and oxygen atoms in total. The first-order chi connectivity index (χ1) is 8.18. The molecule has 98 valence electrons. The Hall–Kier alpha value is -0.730. The smallest absolute Gasteiger partial charge is 0.191 e. The largest absolute Gasteiger partial charge is 0.370 e. The van der Waals surface area contributed by atoms with E-state index in [1.165, 1.54) is 44.9 Å². The van der Waals surface area contributed by atoms with Crippen molar-refractivity contribution in [2.45, 2.75) is 70.9 Å². The minimum atomic E-state index is 0.497. The van der Waals surface area contributed by atoms with Crippen LogP contribution in [0.2, 0.25) is 0 Å². The summed E-state index contributed by atoms with van der Waals surface area (Å²) in [6.45, 7) is 5.68. The van der Waals surface area contributed by atoms with E-state index >= 15 is 0 Å². The van der Waals surface area contributed by atoms with Crippen molar-refractivity contribution in [3.8, 4) is 0 Å². The van der Waals surface area contributed by atoms with Crippen LogP contribution in [0.1, 0.15) is 58.8 Å². The van der Waals surface area contributed by atoms with Crippen LogP contribution in [0.3, 0.4) is 0 Å². The second kappa shape index (κ2) is 5.74. The molecule has 0 spiro atoms. The molecule has 1 saturated carbocycles. The Bertz CT molecular complexity index is 267. The van der Waals surface area contributed by atoms with Gasteiger partial charge in [0.2, 0.25) is 0 Å². The lowest BCUT2D eigenvalue weighted by atomic mass is 9.96. The molecule has 1 unspecified atom stereocenters. The lowest BCUT2D eigenvalue weighted by molar-refractivity contribution is 0.303. The molecule has 0 bridgehead atoms. The van der Waals surface area contributed by atoms with Crippen molar-refractivity contribution in [2.75, 3.05) is 6.54 Å². The fourth-order valence-corrected chi connectivity index (χ4v) is 3.24. The van der Waals surface area contributed by atoms with Crippen LogP contribution in [0.25, 0.3) is 0 Å². The number of hydrogen-bond donors (Lipinski definition) is 1. The summed E-state index contributed by atoms with van der Waals surface area (Å²) in [6, 6.07) is 1.11. The van der Waals surface area contributed by atoms with Crippen LogP contribution < -0.4 is 5.73 Å². The molecule has 0 aromatic rings. The van der Waals surface area contributed by atoms with Crippen molar-refractivity contribution < 1.29 is 0 Å². The first kappa shape index (κ1) is 12.7. The fraction of sp³-hybridized carbons (Fsp3) is 0.929. The maximum Gasteiger partial charge on any atom is 0.191 e. The number of nitrogens with two attached hydrogens (primary N) is 1. The lowest BCUT2D eigenvalue weighted by Crippen LogP contribution is -2.43. The molecular weight excluding hydrogens is 210 g/mol. The normalized spacial score (nSPS) is 28.1. The molecule has 1 saturated heterocycles. The van der Waals surface area contributed by atoms with Gasteiger partial charge in [-0.1, -0.05) is 33.1 Å². The maximum absolute atomic E-state index is 6.21. The number of likely N-dealkylation sites (tertiary alicyclic amines) is 1. The van der Waals surface area contributed by atoms with Gasteiger partial charge in [-0.15, -0.1) is 0 Å². The quantitative estimate of drug-likeness (QED) is 0.592. The van der Waals surface area contributed by atoms with Crippen LogP contribution in [0.15, 0.2) is 4.99 Å². The molecule has 2 N–H and O–H groups in total. The second-order valence-corrected chi connectivity index (χ2v) is 5.93. The van der Waals surface area contributed by atoms with Gasteiger partial charge >= 0.3 is 0 Å². The summed E-state index contributed by atoms with van der Waals surface area (Å²) in [7, 11) is 0. The van der Waals surface area contributed by atoms with E-state index in [2.05, 4.69) is 18.7 Å². The topological polar surface area (TPSA) is 41.6 Å². The third kappa shape index (κ3) is 3.14. The summed E-state index contributed by atoms with van der Waals surface area (Å²) in [5.41, 5.74) is 6.21. The molecule has 3 heteroatoms. The Morgan fingerprint density at radius 3 is 2.47 bits per heavy atom. The molecule has 0 aromatic heterocycles. The third-order valence-corrected chi connectivity index (χ3v) is 4.25. The van der Waals surface area contributed by atoms with Crippen LogP contribution >= 0.6 is 0 Å². The summed E-state index contributed by atoms with van der Waals surface area (Å²) >= 11 is 0. The molecule has 2 rings (SSSR count). The van der Waals surface area contributed by atoms with Crippen molar-refractivity contribution >= 4 is 5.96 Å². The molecule has 2 fully saturated rings. The van der Waals surface area contributed by atoms with Gasteiger partial charge < -0.3 is 10.6 Å². The maximum atomic E-state index is 6.21. The third-order valence-electron chi connectivity index (χ3n) is 4.25. The average molecular weight is 237 g/mol. The number of hydrogen-bond acceptors (Lipinski definition) is 1. The van der Waals surface area contributed by atoms with Crippen molar-refractivity contribution in [1.29, 1.82) is 0 Å². The molecule has 2 aliphatic rings. The number of rotatable bonds is 2. The molecule has 1 heterocycles. The van der Waals surface area contributed by atoms with E-state index in [1.54, 1.807) is 0 Å². The molecule has 1 aliphatic carbocycles. The number of guanidine groups is 1. The molecule has 0 radical (unpaired) electrons. The minimum Gasteiger partial charge on any atom is -0.370 e. The Morgan fingerprint density at radius 1 is 1.12 bits per heavy atom. The van der Waals surface area contributed by atoms with Gasteiger partial charge in [-0.25, -0.2) is 4.99 Å². The highest BCUT2D eigenvalue weighted by Gasteiger charge is 2.28. The zero-order valence-electron chi connectivity index (χ0n) is 11.4. The highest BCUT2D eigenvalue weighted by molar-refractivity contribution is 5.79. The molecular formula is C14H27N3. The van der Waals surface area contributed by atoms with Crippen molar-refractivity contribution in [1.82, 2.24) is 4.90 Å². The summed E-state index contributed by atoms with van der Waals surface area (Å²) in [6.07, 6.45) is 9.05. The van der Waals surface area contributed by atoms with Gasteiger partial charge in [0.25, 0.3) is 0 Å². The van der Waals surface area contributed by atoms with E-state index < -0.39 is 0 Å². The monoisotopic (exact) mass is 237 g/mol. The lowest BCUT2D eigenvalue weighted by Gasteiger charge is -2.30. The van der Waals surface area contributed by atoms with Gasteiger partial charge in [-0.3, -0.25) is 0 Å². The first-order valence-corrected chi connectivity index (χ1v) is 7.28. The Morgan fingerprint density at radius 2 is 1.82 bits per heavy atom. The predicted molar refractivity (Wildman–Crippen MR) is 73.1 cm³/mol. The van der Waals surface area contributed by atoms with Gasteiger partial charge in [-0.2, -0.15) is 0 Å². The average Bonchev–Trinajstić information content (AvgIpc) is 2.79. The van der Waals surface area contributed by atoms with Crippen LogP contribution in [0.5, 0.6) is 0 Å². The molecule has 17 heavy (non-hydrogen) atoms. The standard InChI is InChI=1S/C14H27N3/c1-11(2)13-9-6-10-17(13)14(15)16-12-7-4-3-5-8-12/h11-13H,3-10H2,1-2H3,(H2,15,16). The van der Waals surface area contributed by atoms with E-state index in [9.17, 15) is 0 Å². The van der Waals surface area contributed by atoms with Gasteiger partial charge in [0.05, 0.1) is 6.04 Å². The fourth-order valence-electron chi connectivity index (χ4n) is 3.24. The highest BCUT2D eigenvalue weighted by atomic mass is 15.3. The summed E-state index contributed by atoms with van der Waals surface area (Å²) < 4.78 is 0. The number of aliphatic imine (C=N–C) groups is 1. The summed E-state index contributed by atoms with van der Waals surface area (Å²) in [5.74, 6) is 1.49. The van der Waals surface area contributed by atoms with Crippen LogP contribution in [-0.2, 0) is 0 Å². The zero-order valence-corrected chi connectivity index (χ0v) is 11.4. The number of nitrogens with zero attached hydrogens (tertiary/aromatic N) is 2. The molecule has 0 amide bonds. The van der Waals surface area contributed by atoms with Crippen molar-refractivity contribution in [3.63, 3.8) is 0 Å². The van der Waals surface area contributed by atoms with Crippen LogP contribution in [0.4, 0.5) is 0 Å². The van der Waals surface area contributed by atoms with E-state index in [4.69, 9.17) is 10.7 Å². The van der Waals surface area contributed by atoms with Gasteiger partial charge in [0, 0.05) is 12.6 Å². The van der Waals surface area contributed by atoms with Crippen molar-refractivity contribution in [2.24, 2.45) is 16.6 Å². The zero-order chi connectivity index (χ0) is 12.3. The molecule has 0 aromatic carbocycles. The highest BCUT2D eigenvalue weighted by Crippen LogP contribution is 2.25. The van der Waals surface area contributed by atoms with Gasteiger partial charge in [0.15, 0.2) is 5.96 Å². The van der Waals surface area contributed by atoms with E-state index in [1.807, 2.05) is 0 Å². The van der Waals surface area contributed by atoms with E-state index in [-0.39, 0.29) is 0 Å². The van der Waals surface area contributed by atoms with Crippen LogP contribution in [-0.4, -0.2) is 29.5 Å². The summed E-state index contributed by atoms with van der Waals surface area (Å²) in [4.78, 5) is 7.12. The predicted octanol–water partition coefficient (Wildman–Crippen LogP) is 2.75. The first-order valence-electron chi connectivity index (χ1n) is 7.28. The Kier molecular flexibility index (Phi) is 4.30. The molecule has 1 atom stereocenters. The molecule has 1 aliphatic heterocycles. The van der Waals surface area contributed by atoms with E-state index in [0.29, 0.717) is 18.0 Å². The minimum absolute atomic E-state index is 0.497. The Balaban J connectivity index is 1.97. The second-order valence-electron chi connectivity index (χ2n) is 5.93. The SMILES string of the molecule is CC(C)C1CCCN1C(N)=NC1CCCCC1. The van der Waals surface area contributed by atoms with Gasteiger partial charge in [-0.05, 0) is 31.6 Å². The summed E-state index contributed by atoms with van der Waals surface area (Å²) in [5, 5.41) is 0. The van der Waals surface area contributed by atoms with E-state index in [0.717, 1.165) is 12.5 Å². The van der Waals surface area contributed by atoms with Gasteiger partial charge in [0.1, 0.15) is 0 Å². The van der Waals surface area contributed by atoms with Crippen molar-refractivity contribution in [3.05, 3.63) is 0 Å². The Labute approximate surface area is 105 Å². The van der Waals surface area contributed by atoms with Crippen LogP contribution in [0, 0.1) is 5.92 Å².